The maximum atomic E-state index is 12.8. The Morgan fingerprint density at radius 3 is 2.65 bits per heavy atom. The van der Waals surface area contributed by atoms with Gasteiger partial charge < -0.3 is 14.7 Å². The number of amides is 1. The van der Waals surface area contributed by atoms with Crippen LogP contribution in [0, 0.1) is 12.8 Å². The summed E-state index contributed by atoms with van der Waals surface area (Å²) in [6, 6.07) is 3.25. The van der Waals surface area contributed by atoms with Gasteiger partial charge in [-0.2, -0.15) is 0 Å². The molecule has 6 heteroatoms. The van der Waals surface area contributed by atoms with Crippen LogP contribution in [0.2, 0.25) is 0 Å². The van der Waals surface area contributed by atoms with E-state index in [1.807, 2.05) is 4.90 Å². The molecule has 1 aromatic rings. The maximum absolute atomic E-state index is 12.8. The quantitative estimate of drug-likeness (QED) is 0.923. The summed E-state index contributed by atoms with van der Waals surface area (Å²) < 4.78 is 5.42. The molecule has 1 atom stereocenters. The van der Waals surface area contributed by atoms with Gasteiger partial charge in [0.25, 0.3) is 5.91 Å². The highest BCUT2D eigenvalue weighted by Gasteiger charge is 2.36. The average Bonchev–Trinajstić information content (AvgIpc) is 3.04. The van der Waals surface area contributed by atoms with Gasteiger partial charge in [0.1, 0.15) is 5.69 Å². The summed E-state index contributed by atoms with van der Waals surface area (Å²) in [5.41, 5.74) is 0.862. The van der Waals surface area contributed by atoms with E-state index in [1.165, 1.54) is 12.1 Å². The Hall–Kier alpha value is -1.95. The summed E-state index contributed by atoms with van der Waals surface area (Å²) in [7, 11) is 0. The van der Waals surface area contributed by atoms with Crippen molar-refractivity contribution in [3.63, 3.8) is 0 Å². The van der Waals surface area contributed by atoms with Crippen molar-refractivity contribution in [3.05, 3.63) is 29.1 Å². The Morgan fingerprint density at radius 1 is 1.26 bits per heavy atom. The van der Waals surface area contributed by atoms with Crippen molar-refractivity contribution in [3.8, 4) is 0 Å². The topological polar surface area (TPSA) is 79.7 Å². The number of likely N-dealkylation sites (tertiary alicyclic amines) is 1. The molecule has 3 heterocycles. The molecule has 2 fully saturated rings. The second kappa shape index (κ2) is 6.66. The first kappa shape index (κ1) is 15.9. The van der Waals surface area contributed by atoms with Gasteiger partial charge in [0.15, 0.2) is 0 Å². The summed E-state index contributed by atoms with van der Waals surface area (Å²) in [4.78, 5) is 30.0. The second-order valence-electron chi connectivity index (χ2n) is 6.29. The summed E-state index contributed by atoms with van der Waals surface area (Å²) in [5, 5.41) is 9.07. The van der Waals surface area contributed by atoms with Crippen molar-refractivity contribution >= 4 is 11.9 Å². The van der Waals surface area contributed by atoms with Crippen LogP contribution in [0.5, 0.6) is 0 Å². The third-order valence-corrected chi connectivity index (χ3v) is 4.91. The first-order valence-corrected chi connectivity index (χ1v) is 8.17. The number of hydrogen-bond donors (Lipinski definition) is 1. The molecule has 6 nitrogen and oxygen atoms in total. The third-order valence-electron chi connectivity index (χ3n) is 4.91. The minimum absolute atomic E-state index is 0.0842. The fourth-order valence-corrected chi connectivity index (χ4v) is 3.69. The van der Waals surface area contributed by atoms with Crippen LogP contribution in [0.1, 0.15) is 52.2 Å². The number of aryl methyl sites for hydroxylation is 1. The van der Waals surface area contributed by atoms with E-state index in [2.05, 4.69) is 4.98 Å². The van der Waals surface area contributed by atoms with Gasteiger partial charge in [-0.05, 0) is 50.7 Å². The van der Waals surface area contributed by atoms with Gasteiger partial charge in [0.05, 0.1) is 11.3 Å². The number of carbonyl (C=O) groups is 2. The lowest BCUT2D eigenvalue weighted by molar-refractivity contribution is 0.0320. The zero-order valence-corrected chi connectivity index (χ0v) is 13.3. The molecule has 0 aliphatic carbocycles. The van der Waals surface area contributed by atoms with E-state index in [0.717, 1.165) is 45.4 Å². The Bertz CT molecular complexity index is 611. The van der Waals surface area contributed by atoms with E-state index >= 15 is 0 Å². The SMILES string of the molecule is Cc1nc(C(=O)N2CCCC2C2CCOCC2)ccc1C(=O)O. The lowest BCUT2D eigenvalue weighted by atomic mass is 9.90. The summed E-state index contributed by atoms with van der Waals surface area (Å²) >= 11 is 0. The number of aromatic nitrogens is 1. The van der Waals surface area contributed by atoms with Crippen LogP contribution < -0.4 is 0 Å². The van der Waals surface area contributed by atoms with Crippen molar-refractivity contribution in [2.75, 3.05) is 19.8 Å². The largest absolute Gasteiger partial charge is 0.478 e. The van der Waals surface area contributed by atoms with Crippen LogP contribution >= 0.6 is 0 Å². The number of rotatable bonds is 3. The average molecular weight is 318 g/mol. The van der Waals surface area contributed by atoms with Crippen molar-refractivity contribution in [1.82, 2.24) is 9.88 Å². The number of pyridine rings is 1. The summed E-state index contributed by atoms with van der Waals surface area (Å²) in [6.07, 6.45) is 4.04. The number of nitrogens with zero attached hydrogens (tertiary/aromatic N) is 2. The highest BCUT2D eigenvalue weighted by molar-refractivity contribution is 5.94. The number of ether oxygens (including phenoxy) is 1. The lowest BCUT2D eigenvalue weighted by Crippen LogP contribution is -2.42. The fourth-order valence-electron chi connectivity index (χ4n) is 3.69. The number of aromatic carboxylic acids is 1. The second-order valence-corrected chi connectivity index (χ2v) is 6.29. The summed E-state index contributed by atoms with van der Waals surface area (Å²) in [5.74, 6) is -0.608. The molecule has 2 saturated heterocycles. The summed E-state index contributed by atoms with van der Waals surface area (Å²) in [6.45, 7) is 3.92. The Morgan fingerprint density at radius 2 is 2.00 bits per heavy atom. The molecule has 23 heavy (non-hydrogen) atoms. The Balaban J connectivity index is 1.78. The molecule has 2 aliphatic heterocycles. The molecular formula is C17H22N2O4. The molecule has 1 unspecified atom stereocenters. The first-order valence-electron chi connectivity index (χ1n) is 8.17. The molecule has 0 bridgehead atoms. The van der Waals surface area contributed by atoms with Crippen LogP contribution in [0.3, 0.4) is 0 Å². The highest BCUT2D eigenvalue weighted by Crippen LogP contribution is 2.31. The van der Waals surface area contributed by atoms with Gasteiger partial charge in [-0.3, -0.25) is 4.79 Å². The maximum Gasteiger partial charge on any atom is 0.337 e. The van der Waals surface area contributed by atoms with Gasteiger partial charge in [-0.1, -0.05) is 0 Å². The molecule has 1 amide bonds. The standard InChI is InChI=1S/C17H22N2O4/c1-11-13(17(21)22)4-5-14(18-11)16(20)19-8-2-3-15(19)12-6-9-23-10-7-12/h4-5,12,15H,2-3,6-10H2,1H3,(H,21,22). The van der Waals surface area contributed by atoms with E-state index in [9.17, 15) is 9.59 Å². The predicted octanol–water partition coefficient (Wildman–Crippen LogP) is 2.12. The monoisotopic (exact) mass is 318 g/mol. The molecule has 0 spiro atoms. The normalized spacial score (nSPS) is 22.3. The molecule has 124 valence electrons. The van der Waals surface area contributed by atoms with Crippen LogP contribution in [0.4, 0.5) is 0 Å². The van der Waals surface area contributed by atoms with Crippen LogP contribution in [-0.4, -0.2) is 52.7 Å². The minimum atomic E-state index is -1.02. The number of hydrogen-bond acceptors (Lipinski definition) is 4. The van der Waals surface area contributed by atoms with Crippen LogP contribution in [-0.2, 0) is 4.74 Å². The number of carboxylic acids is 1. The highest BCUT2D eigenvalue weighted by atomic mass is 16.5. The number of carbonyl (C=O) groups excluding carboxylic acids is 1. The molecule has 0 aromatic carbocycles. The zero-order chi connectivity index (χ0) is 16.4. The third kappa shape index (κ3) is 3.22. The van der Waals surface area contributed by atoms with Crippen molar-refractivity contribution < 1.29 is 19.4 Å². The molecule has 1 N–H and O–H groups in total. The molecular weight excluding hydrogens is 296 g/mol. The minimum Gasteiger partial charge on any atom is -0.478 e. The number of carboxylic acid groups (broad SMARTS) is 1. The van der Waals surface area contributed by atoms with Crippen molar-refractivity contribution in [1.29, 1.82) is 0 Å². The first-order chi connectivity index (χ1) is 11.1. The van der Waals surface area contributed by atoms with Gasteiger partial charge in [-0.15, -0.1) is 0 Å². The predicted molar refractivity (Wildman–Crippen MR) is 83.5 cm³/mol. The zero-order valence-electron chi connectivity index (χ0n) is 13.3. The van der Waals surface area contributed by atoms with Crippen LogP contribution in [0.25, 0.3) is 0 Å². The van der Waals surface area contributed by atoms with Crippen molar-refractivity contribution in [2.24, 2.45) is 5.92 Å². The molecule has 3 rings (SSSR count). The van der Waals surface area contributed by atoms with Crippen molar-refractivity contribution in [2.45, 2.75) is 38.6 Å². The van der Waals surface area contributed by atoms with E-state index in [0.29, 0.717) is 17.3 Å². The Kier molecular flexibility index (Phi) is 4.61. The molecule has 0 saturated carbocycles. The Labute approximate surface area is 135 Å². The van der Waals surface area contributed by atoms with Gasteiger partial charge in [-0.25, -0.2) is 9.78 Å². The lowest BCUT2D eigenvalue weighted by Gasteiger charge is -2.33. The molecule has 0 radical (unpaired) electrons. The van der Waals surface area contributed by atoms with E-state index < -0.39 is 5.97 Å². The van der Waals surface area contributed by atoms with E-state index in [-0.39, 0.29) is 17.5 Å². The fraction of sp³-hybridized carbons (Fsp3) is 0.588. The van der Waals surface area contributed by atoms with E-state index in [4.69, 9.17) is 9.84 Å². The van der Waals surface area contributed by atoms with Crippen LogP contribution in [0.15, 0.2) is 12.1 Å². The smallest absolute Gasteiger partial charge is 0.337 e. The van der Waals surface area contributed by atoms with E-state index in [1.54, 1.807) is 6.92 Å². The van der Waals surface area contributed by atoms with Gasteiger partial charge in [0.2, 0.25) is 0 Å². The molecule has 2 aliphatic rings. The van der Waals surface area contributed by atoms with Gasteiger partial charge >= 0.3 is 5.97 Å². The molecule has 1 aromatic heterocycles. The van der Waals surface area contributed by atoms with Gasteiger partial charge in [0, 0.05) is 25.8 Å².